The van der Waals surface area contributed by atoms with Gasteiger partial charge in [-0.2, -0.15) is 0 Å². The number of thioether (sulfide) groups is 1. The van der Waals surface area contributed by atoms with Crippen LogP contribution < -0.4 is 5.32 Å². The average Bonchev–Trinajstić information content (AvgIpc) is 2.34. The number of hydrogen-bond donors (Lipinski definition) is 2. The van der Waals surface area contributed by atoms with Crippen LogP contribution in [0.2, 0.25) is 0 Å². The third kappa shape index (κ3) is 5.45. The third-order valence-electron chi connectivity index (χ3n) is 2.58. The van der Waals surface area contributed by atoms with Gasteiger partial charge in [-0.3, -0.25) is 4.79 Å². The summed E-state index contributed by atoms with van der Waals surface area (Å²) in [6.07, 6.45) is 3.34. The molecule has 1 unspecified atom stereocenters. The Kier molecular flexibility index (Phi) is 6.65. The minimum atomic E-state index is -0.145. The predicted molar refractivity (Wildman–Crippen MR) is 76.0 cm³/mol. The monoisotopic (exact) mass is 267 g/mol. The summed E-state index contributed by atoms with van der Waals surface area (Å²) in [6.45, 7) is 4.77. The van der Waals surface area contributed by atoms with Crippen LogP contribution in [0.3, 0.4) is 0 Å². The molecule has 1 atom stereocenters. The van der Waals surface area contributed by atoms with Gasteiger partial charge in [0.1, 0.15) is 5.75 Å². The number of nitrogens with one attached hydrogen (secondary N) is 1. The molecule has 0 aliphatic heterocycles. The molecule has 18 heavy (non-hydrogen) atoms. The van der Waals surface area contributed by atoms with Crippen LogP contribution in [0, 0.1) is 0 Å². The van der Waals surface area contributed by atoms with Crippen molar-refractivity contribution in [2.75, 3.05) is 6.54 Å². The number of aromatic hydroxyl groups is 1. The van der Waals surface area contributed by atoms with Crippen molar-refractivity contribution in [1.82, 2.24) is 5.32 Å². The van der Waals surface area contributed by atoms with Crippen molar-refractivity contribution < 1.29 is 9.90 Å². The van der Waals surface area contributed by atoms with Gasteiger partial charge in [0.2, 0.25) is 5.91 Å². The highest BCUT2D eigenvalue weighted by molar-refractivity contribution is 8.00. The highest BCUT2D eigenvalue weighted by atomic mass is 32.2. The predicted octanol–water partition coefficient (Wildman–Crippen LogP) is 3.18. The summed E-state index contributed by atoms with van der Waals surface area (Å²) in [7, 11) is 0. The van der Waals surface area contributed by atoms with E-state index in [0.29, 0.717) is 0 Å². The fraction of sp³-hybridized carbons (Fsp3) is 0.500. The molecule has 4 heteroatoms. The first kappa shape index (κ1) is 14.9. The van der Waals surface area contributed by atoms with Crippen LogP contribution in [0.1, 0.15) is 33.1 Å². The number of unbranched alkanes of at least 4 members (excludes halogenated alkanes) is 2. The Hall–Kier alpha value is -1.16. The zero-order valence-electron chi connectivity index (χ0n) is 11.0. The molecule has 1 aromatic rings. The lowest BCUT2D eigenvalue weighted by molar-refractivity contribution is -0.120. The summed E-state index contributed by atoms with van der Waals surface area (Å²) in [5, 5.41) is 12.1. The van der Waals surface area contributed by atoms with Crippen LogP contribution in [0.25, 0.3) is 0 Å². The van der Waals surface area contributed by atoms with E-state index in [1.165, 1.54) is 11.8 Å². The summed E-state index contributed by atoms with van der Waals surface area (Å²) >= 11 is 1.46. The van der Waals surface area contributed by atoms with Gasteiger partial charge in [-0.15, -0.1) is 11.8 Å². The van der Waals surface area contributed by atoms with Crippen molar-refractivity contribution in [3.63, 3.8) is 0 Å². The molecule has 0 aromatic heterocycles. The number of phenolic OH excluding ortho intramolecular Hbond substituents is 1. The Morgan fingerprint density at radius 2 is 2.22 bits per heavy atom. The van der Waals surface area contributed by atoms with Gasteiger partial charge in [0.05, 0.1) is 5.25 Å². The first-order chi connectivity index (χ1) is 8.63. The molecule has 2 N–H and O–H groups in total. The molecular formula is C14H21NO2S. The largest absolute Gasteiger partial charge is 0.508 e. The second-order valence-corrected chi connectivity index (χ2v) is 5.67. The summed E-state index contributed by atoms with van der Waals surface area (Å²) in [5.41, 5.74) is 0. The Morgan fingerprint density at radius 3 is 2.89 bits per heavy atom. The molecular weight excluding hydrogens is 246 g/mol. The maximum Gasteiger partial charge on any atom is 0.233 e. The van der Waals surface area contributed by atoms with Gasteiger partial charge in [-0.1, -0.05) is 25.8 Å². The van der Waals surface area contributed by atoms with Crippen LogP contribution in [-0.2, 0) is 4.79 Å². The van der Waals surface area contributed by atoms with E-state index in [0.717, 1.165) is 30.7 Å². The number of hydrogen-bond acceptors (Lipinski definition) is 3. The fourth-order valence-electron chi connectivity index (χ4n) is 1.54. The second-order valence-electron chi connectivity index (χ2n) is 4.26. The van der Waals surface area contributed by atoms with Gasteiger partial charge >= 0.3 is 0 Å². The molecule has 3 nitrogen and oxygen atoms in total. The number of carbonyl (C=O) groups is 1. The topological polar surface area (TPSA) is 49.3 Å². The van der Waals surface area contributed by atoms with E-state index < -0.39 is 0 Å². The molecule has 1 amide bonds. The first-order valence-corrected chi connectivity index (χ1v) is 7.25. The SMILES string of the molecule is CCCCCNC(=O)C(C)Sc1cccc(O)c1. The molecule has 0 aliphatic rings. The zero-order valence-corrected chi connectivity index (χ0v) is 11.8. The Bertz CT molecular complexity index is 382. The molecule has 100 valence electrons. The molecule has 0 heterocycles. The molecule has 0 bridgehead atoms. The van der Waals surface area contributed by atoms with E-state index in [9.17, 15) is 9.90 Å². The van der Waals surface area contributed by atoms with Crippen LogP contribution in [0.15, 0.2) is 29.2 Å². The van der Waals surface area contributed by atoms with E-state index in [4.69, 9.17) is 0 Å². The fourth-order valence-corrected chi connectivity index (χ4v) is 2.49. The van der Waals surface area contributed by atoms with Crippen LogP contribution in [0.4, 0.5) is 0 Å². The summed E-state index contributed by atoms with van der Waals surface area (Å²) in [5.74, 6) is 0.287. The van der Waals surface area contributed by atoms with E-state index in [-0.39, 0.29) is 16.9 Å². The van der Waals surface area contributed by atoms with Crippen LogP contribution in [0.5, 0.6) is 5.75 Å². The van der Waals surface area contributed by atoms with Crippen molar-refractivity contribution in [2.24, 2.45) is 0 Å². The highest BCUT2D eigenvalue weighted by Gasteiger charge is 2.13. The molecule has 0 spiro atoms. The molecule has 0 radical (unpaired) electrons. The molecule has 0 fully saturated rings. The van der Waals surface area contributed by atoms with Crippen molar-refractivity contribution in [1.29, 1.82) is 0 Å². The maximum absolute atomic E-state index is 11.8. The number of amides is 1. The maximum atomic E-state index is 11.8. The van der Waals surface area contributed by atoms with Crippen molar-refractivity contribution in [3.8, 4) is 5.75 Å². The number of rotatable bonds is 7. The van der Waals surface area contributed by atoms with Crippen molar-refractivity contribution in [3.05, 3.63) is 24.3 Å². The Balaban J connectivity index is 2.35. The van der Waals surface area contributed by atoms with Gasteiger partial charge in [0.15, 0.2) is 0 Å². The lowest BCUT2D eigenvalue weighted by Crippen LogP contribution is -2.31. The van der Waals surface area contributed by atoms with Gasteiger partial charge in [-0.25, -0.2) is 0 Å². The lowest BCUT2D eigenvalue weighted by atomic mass is 10.2. The normalized spacial score (nSPS) is 12.1. The van der Waals surface area contributed by atoms with Crippen molar-refractivity contribution >= 4 is 17.7 Å². The van der Waals surface area contributed by atoms with Gasteiger partial charge < -0.3 is 10.4 Å². The minimum Gasteiger partial charge on any atom is -0.508 e. The van der Waals surface area contributed by atoms with Gasteiger partial charge in [0.25, 0.3) is 0 Å². The van der Waals surface area contributed by atoms with Crippen molar-refractivity contribution in [2.45, 2.75) is 43.3 Å². The summed E-state index contributed by atoms with van der Waals surface area (Å²) in [4.78, 5) is 12.7. The highest BCUT2D eigenvalue weighted by Crippen LogP contribution is 2.26. The standard InChI is InChI=1S/C14H21NO2S/c1-3-4-5-9-15-14(17)11(2)18-13-8-6-7-12(16)10-13/h6-8,10-11,16H,3-5,9H2,1-2H3,(H,15,17). The average molecular weight is 267 g/mol. The van der Waals surface area contributed by atoms with E-state index in [1.54, 1.807) is 18.2 Å². The number of benzene rings is 1. The van der Waals surface area contributed by atoms with E-state index in [2.05, 4.69) is 12.2 Å². The van der Waals surface area contributed by atoms with E-state index in [1.807, 2.05) is 13.0 Å². The smallest absolute Gasteiger partial charge is 0.233 e. The van der Waals surface area contributed by atoms with Crippen LogP contribution in [-0.4, -0.2) is 22.8 Å². The van der Waals surface area contributed by atoms with Crippen LogP contribution >= 0.6 is 11.8 Å². The summed E-state index contributed by atoms with van der Waals surface area (Å²) in [6, 6.07) is 6.97. The van der Waals surface area contributed by atoms with E-state index >= 15 is 0 Å². The molecule has 1 rings (SSSR count). The Labute approximate surface area is 113 Å². The lowest BCUT2D eigenvalue weighted by Gasteiger charge is -2.11. The third-order valence-corrected chi connectivity index (χ3v) is 3.67. The minimum absolute atomic E-state index is 0.0550. The quantitative estimate of drug-likeness (QED) is 0.589. The molecule has 0 saturated carbocycles. The first-order valence-electron chi connectivity index (χ1n) is 6.37. The van der Waals surface area contributed by atoms with Gasteiger partial charge in [0, 0.05) is 11.4 Å². The second kappa shape index (κ2) is 8.03. The Morgan fingerprint density at radius 1 is 1.44 bits per heavy atom. The number of phenols is 1. The molecule has 0 aliphatic carbocycles. The zero-order chi connectivity index (χ0) is 13.4. The summed E-state index contributed by atoms with van der Waals surface area (Å²) < 4.78 is 0. The molecule has 0 saturated heterocycles. The molecule has 1 aromatic carbocycles. The number of carbonyl (C=O) groups excluding carboxylic acids is 1. The van der Waals surface area contributed by atoms with Gasteiger partial charge in [-0.05, 0) is 31.5 Å².